The first-order valence-corrected chi connectivity index (χ1v) is 7.28. The van der Waals surface area contributed by atoms with Crippen molar-refractivity contribution in [2.24, 2.45) is 0 Å². The van der Waals surface area contributed by atoms with Crippen LogP contribution in [0, 0.1) is 0 Å². The largest absolute Gasteiger partial charge is 0.492 e. The summed E-state index contributed by atoms with van der Waals surface area (Å²) >= 11 is 0. The summed E-state index contributed by atoms with van der Waals surface area (Å²) in [4.78, 5) is 4.12. The van der Waals surface area contributed by atoms with Crippen LogP contribution in [-0.4, -0.2) is 16.7 Å². The molecule has 1 N–H and O–H groups in total. The number of aliphatic hydroxyl groups excluding tert-OH is 1. The number of rotatable bonds is 4. The zero-order chi connectivity index (χ0) is 15.5. The molecule has 1 aromatic heterocycles. The first-order valence-electron chi connectivity index (χ1n) is 7.28. The number of aliphatic hydroxyl groups is 1. The summed E-state index contributed by atoms with van der Waals surface area (Å²) in [6.07, 6.45) is 2.64. The highest BCUT2D eigenvalue weighted by Crippen LogP contribution is 2.27. The molecular weight excluding hydrogens is 262 g/mol. The van der Waals surface area contributed by atoms with E-state index < -0.39 is 6.10 Å². The molecule has 0 spiro atoms. The van der Waals surface area contributed by atoms with Crippen LogP contribution in [0.15, 0.2) is 42.7 Å². The van der Waals surface area contributed by atoms with Crippen molar-refractivity contribution in [2.75, 3.05) is 6.61 Å². The van der Waals surface area contributed by atoms with Crippen LogP contribution in [-0.2, 0) is 5.41 Å². The first kappa shape index (κ1) is 15.5. The smallest absolute Gasteiger partial charge is 0.137 e. The van der Waals surface area contributed by atoms with Crippen LogP contribution < -0.4 is 4.74 Å². The van der Waals surface area contributed by atoms with Crippen LogP contribution in [0.4, 0.5) is 0 Å². The van der Waals surface area contributed by atoms with E-state index in [1.165, 1.54) is 5.56 Å². The Morgan fingerprint density at radius 1 is 1.10 bits per heavy atom. The Morgan fingerprint density at radius 2 is 1.76 bits per heavy atom. The Bertz CT molecular complexity index is 585. The Hall–Kier alpha value is -1.87. The molecule has 0 amide bonds. The van der Waals surface area contributed by atoms with E-state index >= 15 is 0 Å². The maximum atomic E-state index is 10.5. The van der Waals surface area contributed by atoms with E-state index in [0.29, 0.717) is 12.4 Å². The van der Waals surface area contributed by atoms with E-state index in [0.717, 1.165) is 11.1 Å². The lowest BCUT2D eigenvalue weighted by molar-refractivity contribution is 0.219. The number of hydrogen-bond donors (Lipinski definition) is 1. The third-order valence-corrected chi connectivity index (χ3v) is 3.45. The van der Waals surface area contributed by atoms with Crippen molar-refractivity contribution in [3.63, 3.8) is 0 Å². The van der Waals surface area contributed by atoms with Gasteiger partial charge in [-0.2, -0.15) is 0 Å². The minimum Gasteiger partial charge on any atom is -0.492 e. The molecule has 112 valence electrons. The van der Waals surface area contributed by atoms with Crippen molar-refractivity contribution in [1.82, 2.24) is 4.98 Å². The molecule has 0 saturated carbocycles. The quantitative estimate of drug-likeness (QED) is 0.927. The molecule has 21 heavy (non-hydrogen) atoms. The minimum atomic E-state index is -0.688. The van der Waals surface area contributed by atoms with E-state index in [-0.39, 0.29) is 5.41 Å². The van der Waals surface area contributed by atoms with Crippen LogP contribution in [0.1, 0.15) is 50.5 Å². The van der Waals surface area contributed by atoms with Crippen LogP contribution in [0.2, 0.25) is 0 Å². The summed E-state index contributed by atoms with van der Waals surface area (Å²) in [6, 6.07) is 9.91. The van der Waals surface area contributed by atoms with E-state index in [2.05, 4.69) is 37.9 Å². The van der Waals surface area contributed by atoms with Crippen LogP contribution >= 0.6 is 0 Å². The molecular formula is C18H23NO2. The van der Waals surface area contributed by atoms with Gasteiger partial charge < -0.3 is 9.84 Å². The van der Waals surface area contributed by atoms with Gasteiger partial charge in [-0.1, -0.05) is 45.0 Å². The van der Waals surface area contributed by atoms with E-state index in [4.69, 9.17) is 4.74 Å². The van der Waals surface area contributed by atoms with Gasteiger partial charge in [0.15, 0.2) is 0 Å². The maximum absolute atomic E-state index is 10.5. The number of aromatic nitrogens is 1. The van der Waals surface area contributed by atoms with E-state index in [1.54, 1.807) is 12.4 Å². The standard InChI is InChI=1S/C18H23NO2/c1-5-21-16-10-14(11-19-12-16)17(20)13-6-8-15(9-7-13)18(2,3)4/h6-12,17,20H,5H2,1-4H3. The van der Waals surface area contributed by atoms with Crippen molar-refractivity contribution >= 4 is 0 Å². The average Bonchev–Trinajstić information content (AvgIpc) is 2.46. The maximum Gasteiger partial charge on any atom is 0.137 e. The van der Waals surface area contributed by atoms with Gasteiger partial charge in [0.1, 0.15) is 11.9 Å². The number of hydrogen-bond acceptors (Lipinski definition) is 3. The molecule has 1 atom stereocenters. The van der Waals surface area contributed by atoms with Crippen LogP contribution in [0.5, 0.6) is 5.75 Å². The highest BCUT2D eigenvalue weighted by molar-refractivity contribution is 5.35. The lowest BCUT2D eigenvalue weighted by atomic mass is 9.86. The van der Waals surface area contributed by atoms with Crippen molar-refractivity contribution in [1.29, 1.82) is 0 Å². The third-order valence-electron chi connectivity index (χ3n) is 3.45. The lowest BCUT2D eigenvalue weighted by Gasteiger charge is -2.20. The molecule has 2 rings (SSSR count). The second-order valence-electron chi connectivity index (χ2n) is 6.16. The molecule has 1 heterocycles. The van der Waals surface area contributed by atoms with Crippen molar-refractivity contribution < 1.29 is 9.84 Å². The molecule has 3 heteroatoms. The number of pyridine rings is 1. The molecule has 0 aliphatic carbocycles. The minimum absolute atomic E-state index is 0.111. The van der Waals surface area contributed by atoms with Crippen molar-refractivity contribution in [3.05, 3.63) is 59.4 Å². The molecule has 2 aromatic rings. The SMILES string of the molecule is CCOc1cncc(C(O)c2ccc(C(C)(C)C)cc2)c1. The second kappa shape index (κ2) is 6.27. The fraction of sp³-hybridized carbons (Fsp3) is 0.389. The van der Waals surface area contributed by atoms with E-state index in [1.807, 2.05) is 25.1 Å². The van der Waals surface area contributed by atoms with Gasteiger partial charge in [-0.15, -0.1) is 0 Å². The molecule has 0 radical (unpaired) electrons. The fourth-order valence-corrected chi connectivity index (χ4v) is 2.19. The summed E-state index contributed by atoms with van der Waals surface area (Å²) in [5, 5.41) is 10.5. The Labute approximate surface area is 126 Å². The van der Waals surface area contributed by atoms with E-state index in [9.17, 15) is 5.11 Å². The first-order chi connectivity index (χ1) is 9.91. The molecule has 1 aromatic carbocycles. The number of nitrogens with zero attached hydrogens (tertiary/aromatic N) is 1. The van der Waals surface area contributed by atoms with Gasteiger partial charge in [0.05, 0.1) is 12.8 Å². The van der Waals surface area contributed by atoms with Gasteiger partial charge >= 0.3 is 0 Å². The Balaban J connectivity index is 2.23. The lowest BCUT2D eigenvalue weighted by Crippen LogP contribution is -2.11. The van der Waals surface area contributed by atoms with Gasteiger partial charge in [0, 0.05) is 11.8 Å². The predicted molar refractivity (Wildman–Crippen MR) is 84.6 cm³/mol. The average molecular weight is 285 g/mol. The predicted octanol–water partition coefficient (Wildman–Crippen LogP) is 3.86. The summed E-state index contributed by atoms with van der Waals surface area (Å²) < 4.78 is 5.42. The molecule has 3 nitrogen and oxygen atoms in total. The van der Waals surface area contributed by atoms with Crippen LogP contribution in [0.3, 0.4) is 0 Å². The van der Waals surface area contributed by atoms with Gasteiger partial charge in [0.2, 0.25) is 0 Å². The zero-order valence-corrected chi connectivity index (χ0v) is 13.1. The Kier molecular flexibility index (Phi) is 4.63. The monoisotopic (exact) mass is 285 g/mol. The number of benzene rings is 1. The van der Waals surface area contributed by atoms with Gasteiger partial charge in [-0.25, -0.2) is 0 Å². The van der Waals surface area contributed by atoms with Crippen molar-refractivity contribution in [2.45, 2.75) is 39.2 Å². The molecule has 0 aliphatic rings. The summed E-state index contributed by atoms with van der Waals surface area (Å²) in [7, 11) is 0. The molecule has 0 saturated heterocycles. The normalized spacial score (nSPS) is 13.0. The summed E-state index contributed by atoms with van der Waals surface area (Å²) in [6.45, 7) is 9.03. The highest BCUT2D eigenvalue weighted by atomic mass is 16.5. The van der Waals surface area contributed by atoms with Gasteiger partial charge in [-0.05, 0) is 29.5 Å². The summed E-state index contributed by atoms with van der Waals surface area (Å²) in [5.74, 6) is 0.681. The van der Waals surface area contributed by atoms with Crippen LogP contribution in [0.25, 0.3) is 0 Å². The molecule has 1 unspecified atom stereocenters. The zero-order valence-electron chi connectivity index (χ0n) is 13.1. The fourth-order valence-electron chi connectivity index (χ4n) is 2.19. The van der Waals surface area contributed by atoms with Gasteiger partial charge in [-0.3, -0.25) is 4.98 Å². The molecule has 0 bridgehead atoms. The second-order valence-corrected chi connectivity index (χ2v) is 6.16. The third kappa shape index (κ3) is 3.82. The topological polar surface area (TPSA) is 42.4 Å². The highest BCUT2D eigenvalue weighted by Gasteiger charge is 2.16. The Morgan fingerprint density at radius 3 is 2.33 bits per heavy atom. The molecule has 0 fully saturated rings. The van der Waals surface area contributed by atoms with Crippen molar-refractivity contribution in [3.8, 4) is 5.75 Å². The number of ether oxygens (including phenoxy) is 1. The summed E-state index contributed by atoms with van der Waals surface area (Å²) in [5.41, 5.74) is 2.96. The van der Waals surface area contributed by atoms with Gasteiger partial charge in [0.25, 0.3) is 0 Å². The molecule has 0 aliphatic heterocycles.